The van der Waals surface area contributed by atoms with Crippen LogP contribution in [0.1, 0.15) is 51.0 Å². The van der Waals surface area contributed by atoms with E-state index in [0.29, 0.717) is 45.4 Å². The van der Waals surface area contributed by atoms with Crippen molar-refractivity contribution in [3.63, 3.8) is 0 Å². The van der Waals surface area contributed by atoms with Crippen molar-refractivity contribution in [2.75, 3.05) is 74.6 Å². The van der Waals surface area contributed by atoms with Crippen LogP contribution in [0.4, 0.5) is 28.2 Å². The molecule has 0 radical (unpaired) electrons. The van der Waals surface area contributed by atoms with Crippen molar-refractivity contribution in [2.24, 2.45) is 0 Å². The molecule has 12 nitrogen and oxygen atoms in total. The average Bonchev–Trinajstić information content (AvgIpc) is 3.68. The first kappa shape index (κ1) is 26.5. The van der Waals surface area contributed by atoms with Crippen LogP contribution in [0.2, 0.25) is 0 Å². The minimum atomic E-state index is -0.0477. The molecule has 40 heavy (non-hydrogen) atoms. The second-order valence-electron chi connectivity index (χ2n) is 10.9. The van der Waals surface area contributed by atoms with Gasteiger partial charge in [0.2, 0.25) is 5.95 Å². The molecule has 0 atom stereocenters. The van der Waals surface area contributed by atoms with Gasteiger partial charge in [-0.15, -0.1) is 0 Å². The van der Waals surface area contributed by atoms with Crippen LogP contribution in [-0.4, -0.2) is 95.2 Å². The van der Waals surface area contributed by atoms with E-state index in [2.05, 4.69) is 36.2 Å². The summed E-state index contributed by atoms with van der Waals surface area (Å²) >= 11 is 0. The summed E-state index contributed by atoms with van der Waals surface area (Å²) < 4.78 is 7.23. The number of pyridine rings is 1. The third-order valence-corrected chi connectivity index (χ3v) is 8.22. The zero-order valence-corrected chi connectivity index (χ0v) is 23.4. The number of ether oxygens (including phenoxy) is 1. The summed E-state index contributed by atoms with van der Waals surface area (Å²) in [5.74, 6) is 3.08. The Hall–Kier alpha value is -3.67. The van der Waals surface area contributed by atoms with Crippen molar-refractivity contribution in [3.05, 3.63) is 24.5 Å². The number of hydrogen-bond acceptors (Lipinski definition) is 9. The molecule has 2 aliphatic heterocycles. The number of rotatable bonds is 8. The maximum atomic E-state index is 12.5. The van der Waals surface area contributed by atoms with Crippen LogP contribution in [0.15, 0.2) is 24.5 Å². The maximum Gasteiger partial charge on any atom is 0.317 e. The lowest BCUT2D eigenvalue weighted by Gasteiger charge is -2.35. The van der Waals surface area contributed by atoms with Gasteiger partial charge in [-0.1, -0.05) is 19.3 Å². The first-order valence-electron chi connectivity index (χ1n) is 14.7. The van der Waals surface area contributed by atoms with Gasteiger partial charge in [-0.05, 0) is 25.7 Å². The fourth-order valence-electron chi connectivity index (χ4n) is 5.97. The smallest absolute Gasteiger partial charge is 0.317 e. The van der Waals surface area contributed by atoms with Crippen LogP contribution in [-0.2, 0) is 4.74 Å². The lowest BCUT2D eigenvalue weighted by molar-refractivity contribution is 0.177. The van der Waals surface area contributed by atoms with Gasteiger partial charge in [0.1, 0.15) is 17.5 Å². The molecule has 12 heteroatoms. The highest BCUT2D eigenvalue weighted by Crippen LogP contribution is 2.32. The largest absolute Gasteiger partial charge is 0.383 e. The SMILES string of the molecule is COCCNC(=O)N1CCN(c2cc(Nc3cc4c(cn3)cnn4C3CCCCC3)nc(N3CCCC3)n2)CC1. The molecule has 0 unspecified atom stereocenters. The van der Waals surface area contributed by atoms with Gasteiger partial charge in [0.05, 0.1) is 24.4 Å². The predicted octanol–water partition coefficient (Wildman–Crippen LogP) is 3.55. The molecule has 0 spiro atoms. The van der Waals surface area contributed by atoms with Crippen molar-refractivity contribution in [1.29, 1.82) is 0 Å². The predicted molar refractivity (Wildman–Crippen MR) is 155 cm³/mol. The van der Waals surface area contributed by atoms with Crippen LogP contribution in [0.5, 0.6) is 0 Å². The van der Waals surface area contributed by atoms with E-state index in [9.17, 15) is 4.79 Å². The highest BCUT2D eigenvalue weighted by Gasteiger charge is 2.25. The number of urea groups is 1. The highest BCUT2D eigenvalue weighted by molar-refractivity contribution is 5.81. The molecule has 3 aliphatic rings. The number of hydrogen-bond donors (Lipinski definition) is 2. The summed E-state index contributed by atoms with van der Waals surface area (Å²) in [6.45, 7) is 5.62. The van der Waals surface area contributed by atoms with Crippen LogP contribution in [0.25, 0.3) is 10.9 Å². The van der Waals surface area contributed by atoms with Gasteiger partial charge < -0.3 is 30.1 Å². The standard InChI is InChI=1S/C28H40N10O2/c1-40-16-9-29-28(39)37-14-12-35(13-15-37)26-18-25(33-27(34-26)36-10-5-6-11-36)32-24-17-23-21(19-30-24)20-31-38(23)22-7-3-2-4-8-22/h17-20,22H,2-16H2,1H3,(H,29,39)(H,30,32,33,34). The monoisotopic (exact) mass is 548 g/mol. The molecule has 2 saturated heterocycles. The number of aromatic nitrogens is 5. The van der Waals surface area contributed by atoms with Gasteiger partial charge in [0, 0.05) is 76.6 Å². The molecule has 2 N–H and O–H groups in total. The highest BCUT2D eigenvalue weighted by atomic mass is 16.5. The Bertz CT molecular complexity index is 1290. The second-order valence-corrected chi connectivity index (χ2v) is 10.9. The number of nitrogens with zero attached hydrogens (tertiary/aromatic N) is 8. The molecule has 3 aromatic heterocycles. The Labute approximate surface area is 235 Å². The topological polar surface area (TPSA) is 117 Å². The molecular weight excluding hydrogens is 508 g/mol. The van der Waals surface area contributed by atoms with Crippen molar-refractivity contribution in [2.45, 2.75) is 51.0 Å². The molecular formula is C28H40N10O2. The number of piperazine rings is 1. The van der Waals surface area contributed by atoms with E-state index >= 15 is 0 Å². The van der Waals surface area contributed by atoms with E-state index in [0.717, 1.165) is 60.2 Å². The number of nitrogens with one attached hydrogen (secondary N) is 2. The lowest BCUT2D eigenvalue weighted by Crippen LogP contribution is -2.52. The maximum absolute atomic E-state index is 12.5. The fraction of sp³-hybridized carbons (Fsp3) is 0.607. The van der Waals surface area contributed by atoms with E-state index in [1.54, 1.807) is 7.11 Å². The van der Waals surface area contributed by atoms with Crippen molar-refractivity contribution in [1.82, 2.24) is 34.9 Å². The Morgan fingerprint density at radius 3 is 2.50 bits per heavy atom. The number of carbonyl (C=O) groups excluding carboxylic acids is 1. The molecule has 3 fully saturated rings. The third kappa shape index (κ3) is 5.91. The minimum absolute atomic E-state index is 0.0477. The molecule has 1 aliphatic carbocycles. The van der Waals surface area contributed by atoms with Gasteiger partial charge in [0.25, 0.3) is 0 Å². The van der Waals surface area contributed by atoms with Crippen LogP contribution >= 0.6 is 0 Å². The van der Waals surface area contributed by atoms with Crippen molar-refractivity contribution < 1.29 is 9.53 Å². The Balaban J connectivity index is 1.21. The molecule has 6 rings (SSSR count). The summed E-state index contributed by atoms with van der Waals surface area (Å²) in [7, 11) is 1.63. The van der Waals surface area contributed by atoms with E-state index in [-0.39, 0.29) is 6.03 Å². The summed E-state index contributed by atoms with van der Waals surface area (Å²) in [5, 5.41) is 12.2. The molecule has 1 saturated carbocycles. The van der Waals surface area contributed by atoms with E-state index in [4.69, 9.17) is 19.8 Å². The van der Waals surface area contributed by atoms with Crippen LogP contribution in [0.3, 0.4) is 0 Å². The molecule has 3 aromatic rings. The van der Waals surface area contributed by atoms with Crippen LogP contribution in [0, 0.1) is 0 Å². The number of fused-ring (bicyclic) bond motifs is 1. The van der Waals surface area contributed by atoms with Crippen LogP contribution < -0.4 is 20.4 Å². The van der Waals surface area contributed by atoms with Crippen molar-refractivity contribution >= 4 is 40.3 Å². The number of anilines is 4. The first-order chi connectivity index (χ1) is 19.7. The Morgan fingerprint density at radius 1 is 0.925 bits per heavy atom. The summed E-state index contributed by atoms with van der Waals surface area (Å²) in [6.07, 6.45) is 12.3. The molecule has 214 valence electrons. The average molecular weight is 549 g/mol. The zero-order chi connectivity index (χ0) is 27.3. The van der Waals surface area contributed by atoms with Gasteiger partial charge in [-0.2, -0.15) is 15.1 Å². The molecule has 0 aromatic carbocycles. The van der Waals surface area contributed by atoms with E-state index in [1.165, 1.54) is 32.1 Å². The number of carbonyl (C=O) groups is 1. The van der Waals surface area contributed by atoms with E-state index in [1.807, 2.05) is 23.4 Å². The molecule has 2 amide bonds. The minimum Gasteiger partial charge on any atom is -0.383 e. The van der Waals surface area contributed by atoms with Gasteiger partial charge >= 0.3 is 6.03 Å². The van der Waals surface area contributed by atoms with Gasteiger partial charge in [-0.25, -0.2) is 9.78 Å². The fourth-order valence-corrected chi connectivity index (χ4v) is 5.97. The summed E-state index contributed by atoms with van der Waals surface area (Å²) in [5.41, 5.74) is 1.11. The Morgan fingerprint density at radius 2 is 1.73 bits per heavy atom. The van der Waals surface area contributed by atoms with Gasteiger partial charge in [0.15, 0.2) is 0 Å². The molecule has 0 bridgehead atoms. The molecule has 5 heterocycles. The van der Waals surface area contributed by atoms with E-state index < -0.39 is 0 Å². The second kappa shape index (κ2) is 12.2. The van der Waals surface area contributed by atoms with Gasteiger partial charge in [-0.3, -0.25) is 4.68 Å². The quantitative estimate of drug-likeness (QED) is 0.408. The summed E-state index contributed by atoms with van der Waals surface area (Å²) in [6, 6.07) is 4.50. The van der Waals surface area contributed by atoms with Crippen molar-refractivity contribution in [3.8, 4) is 0 Å². The Kier molecular flexibility index (Phi) is 8.12. The zero-order valence-electron chi connectivity index (χ0n) is 23.4. The lowest BCUT2D eigenvalue weighted by atomic mass is 9.95. The first-order valence-corrected chi connectivity index (χ1v) is 14.7. The normalized spacial score (nSPS) is 18.5. The summed E-state index contributed by atoms with van der Waals surface area (Å²) in [4.78, 5) is 33.4. The number of methoxy groups -OCH3 is 1. The third-order valence-electron chi connectivity index (χ3n) is 8.22. The number of amides is 2.